The molecule has 1 amide bonds. The number of likely N-dealkylation sites (tertiary alicyclic amines) is 1. The fraction of sp³-hybridized carbons (Fsp3) is 0.533. The van der Waals surface area contributed by atoms with Crippen LogP contribution in [0.25, 0.3) is 0 Å². The highest BCUT2D eigenvalue weighted by Gasteiger charge is 2.19. The van der Waals surface area contributed by atoms with Gasteiger partial charge in [0.05, 0.1) is 5.56 Å². The second-order valence-corrected chi connectivity index (χ2v) is 5.46. The van der Waals surface area contributed by atoms with Crippen molar-refractivity contribution >= 4 is 5.91 Å². The van der Waals surface area contributed by atoms with Gasteiger partial charge < -0.3 is 10.2 Å². The van der Waals surface area contributed by atoms with Gasteiger partial charge in [0.2, 0.25) is 0 Å². The lowest BCUT2D eigenvalue weighted by Gasteiger charge is -2.29. The van der Waals surface area contributed by atoms with Crippen LogP contribution in [0, 0.1) is 18.7 Å². The van der Waals surface area contributed by atoms with E-state index >= 15 is 0 Å². The highest BCUT2D eigenvalue weighted by atomic mass is 19.1. The fourth-order valence-electron chi connectivity index (χ4n) is 2.58. The number of nitrogens with zero attached hydrogens (tertiary/aromatic N) is 1. The third-order valence-electron chi connectivity index (χ3n) is 3.64. The Kier molecular flexibility index (Phi) is 4.53. The third-order valence-corrected chi connectivity index (χ3v) is 3.64. The summed E-state index contributed by atoms with van der Waals surface area (Å²) < 4.78 is 13.7. The lowest BCUT2D eigenvalue weighted by molar-refractivity contribution is 0.0933. The Labute approximate surface area is 113 Å². The molecule has 0 saturated carbocycles. The van der Waals surface area contributed by atoms with Gasteiger partial charge in [0.1, 0.15) is 5.82 Å². The maximum Gasteiger partial charge on any atom is 0.254 e. The van der Waals surface area contributed by atoms with Gasteiger partial charge in [0.15, 0.2) is 0 Å². The number of hydrogen-bond acceptors (Lipinski definition) is 2. The van der Waals surface area contributed by atoms with E-state index in [2.05, 4.69) is 17.3 Å². The Morgan fingerprint density at radius 2 is 2.32 bits per heavy atom. The van der Waals surface area contributed by atoms with Gasteiger partial charge in [0, 0.05) is 13.1 Å². The zero-order valence-corrected chi connectivity index (χ0v) is 11.6. The van der Waals surface area contributed by atoms with Gasteiger partial charge in [-0.15, -0.1) is 0 Å². The van der Waals surface area contributed by atoms with Gasteiger partial charge in [0.25, 0.3) is 5.91 Å². The minimum atomic E-state index is -0.446. The van der Waals surface area contributed by atoms with Crippen molar-refractivity contribution in [2.24, 2.45) is 5.92 Å². The van der Waals surface area contributed by atoms with Crippen molar-refractivity contribution < 1.29 is 9.18 Å². The van der Waals surface area contributed by atoms with Crippen molar-refractivity contribution in [1.29, 1.82) is 0 Å². The molecule has 1 aliphatic rings. The molecule has 4 heteroatoms. The number of carbonyl (C=O) groups excluding carboxylic acids is 1. The second kappa shape index (κ2) is 6.15. The van der Waals surface area contributed by atoms with Crippen molar-refractivity contribution in [3.8, 4) is 0 Å². The van der Waals surface area contributed by atoms with Gasteiger partial charge in [-0.3, -0.25) is 4.79 Å². The molecule has 0 bridgehead atoms. The molecular formula is C15H21FN2O. The molecule has 1 heterocycles. The van der Waals surface area contributed by atoms with E-state index in [-0.39, 0.29) is 11.5 Å². The first-order valence-corrected chi connectivity index (χ1v) is 6.79. The van der Waals surface area contributed by atoms with Crippen LogP contribution in [0.3, 0.4) is 0 Å². The zero-order valence-electron chi connectivity index (χ0n) is 11.6. The predicted molar refractivity (Wildman–Crippen MR) is 73.7 cm³/mol. The molecule has 0 aliphatic carbocycles. The molecular weight excluding hydrogens is 243 g/mol. The smallest absolute Gasteiger partial charge is 0.254 e. The molecule has 1 fully saturated rings. The number of aryl methyl sites for hydroxylation is 1. The molecule has 1 N–H and O–H groups in total. The lowest BCUT2D eigenvalue weighted by atomic mass is 9.98. The molecule has 1 aromatic rings. The third kappa shape index (κ3) is 3.77. The average Bonchev–Trinajstić information content (AvgIpc) is 2.36. The van der Waals surface area contributed by atoms with Crippen LogP contribution in [0.2, 0.25) is 0 Å². The van der Waals surface area contributed by atoms with Crippen LogP contribution in [-0.2, 0) is 0 Å². The highest BCUT2D eigenvalue weighted by Crippen LogP contribution is 2.15. The fourth-order valence-corrected chi connectivity index (χ4v) is 2.58. The highest BCUT2D eigenvalue weighted by molar-refractivity contribution is 5.94. The molecule has 1 aromatic carbocycles. The minimum absolute atomic E-state index is 0.134. The summed E-state index contributed by atoms with van der Waals surface area (Å²) in [6.07, 6.45) is 2.29. The second-order valence-electron chi connectivity index (χ2n) is 5.46. The van der Waals surface area contributed by atoms with Gasteiger partial charge in [-0.2, -0.15) is 0 Å². The normalized spacial score (nSPS) is 20.3. The Bertz CT molecular complexity index is 461. The largest absolute Gasteiger partial charge is 0.352 e. The Balaban J connectivity index is 1.90. The first kappa shape index (κ1) is 14.0. The summed E-state index contributed by atoms with van der Waals surface area (Å²) in [5, 5.41) is 2.84. The van der Waals surface area contributed by atoms with E-state index in [1.165, 1.54) is 6.07 Å². The van der Waals surface area contributed by atoms with E-state index in [9.17, 15) is 9.18 Å². The number of nitrogens with one attached hydrogen (secondary N) is 1. The lowest BCUT2D eigenvalue weighted by Crippen LogP contribution is -2.39. The molecule has 1 atom stereocenters. The molecule has 1 aliphatic heterocycles. The number of hydrogen-bond donors (Lipinski definition) is 1. The first-order valence-electron chi connectivity index (χ1n) is 6.79. The van der Waals surface area contributed by atoms with Crippen molar-refractivity contribution in [2.45, 2.75) is 19.8 Å². The summed E-state index contributed by atoms with van der Waals surface area (Å²) in [6.45, 7) is 4.55. The topological polar surface area (TPSA) is 32.3 Å². The summed E-state index contributed by atoms with van der Waals surface area (Å²) in [5.41, 5.74) is 0.956. The van der Waals surface area contributed by atoms with Crippen molar-refractivity contribution in [3.05, 3.63) is 35.1 Å². The standard InChI is InChI=1S/C15H21FN2O/c1-11-5-6-13(14(16)8-11)15(19)17-9-12-4-3-7-18(2)10-12/h5-6,8,12H,3-4,7,9-10H2,1-2H3,(H,17,19). The summed E-state index contributed by atoms with van der Waals surface area (Å²) in [6, 6.07) is 4.70. The van der Waals surface area contributed by atoms with Crippen molar-refractivity contribution in [2.75, 3.05) is 26.7 Å². The minimum Gasteiger partial charge on any atom is -0.352 e. The molecule has 104 valence electrons. The summed E-state index contributed by atoms with van der Waals surface area (Å²) in [4.78, 5) is 14.2. The van der Waals surface area contributed by atoms with Gasteiger partial charge in [-0.05, 0) is 57.0 Å². The van der Waals surface area contributed by atoms with Crippen molar-refractivity contribution in [1.82, 2.24) is 10.2 Å². The van der Waals surface area contributed by atoms with E-state index in [1.807, 2.05) is 6.92 Å². The van der Waals surface area contributed by atoms with Crippen molar-refractivity contribution in [3.63, 3.8) is 0 Å². The first-order chi connectivity index (χ1) is 9.06. The Morgan fingerprint density at radius 3 is 3.00 bits per heavy atom. The number of piperidine rings is 1. The maximum atomic E-state index is 13.7. The SMILES string of the molecule is Cc1ccc(C(=O)NCC2CCCN(C)C2)c(F)c1. The predicted octanol–water partition coefficient (Wildman–Crippen LogP) is 2.21. The van der Waals surface area contributed by atoms with Crippen LogP contribution in [-0.4, -0.2) is 37.5 Å². The number of rotatable bonds is 3. The number of amides is 1. The zero-order chi connectivity index (χ0) is 13.8. The van der Waals surface area contributed by atoms with E-state index in [0.29, 0.717) is 12.5 Å². The molecule has 0 spiro atoms. The number of halogens is 1. The quantitative estimate of drug-likeness (QED) is 0.907. The summed E-state index contributed by atoms with van der Waals surface area (Å²) >= 11 is 0. The van der Waals surface area contributed by atoms with Crippen LogP contribution in [0.1, 0.15) is 28.8 Å². The number of benzene rings is 1. The van der Waals surface area contributed by atoms with Crippen LogP contribution >= 0.6 is 0 Å². The van der Waals surface area contributed by atoms with Crippen LogP contribution in [0.4, 0.5) is 4.39 Å². The van der Waals surface area contributed by atoms with Gasteiger partial charge in [-0.25, -0.2) is 4.39 Å². The van der Waals surface area contributed by atoms with E-state index in [4.69, 9.17) is 0 Å². The molecule has 19 heavy (non-hydrogen) atoms. The van der Waals surface area contributed by atoms with Gasteiger partial charge in [-0.1, -0.05) is 6.07 Å². The molecule has 1 saturated heterocycles. The average molecular weight is 264 g/mol. The molecule has 3 nitrogen and oxygen atoms in total. The molecule has 2 rings (SSSR count). The Morgan fingerprint density at radius 1 is 1.53 bits per heavy atom. The van der Waals surface area contributed by atoms with Crippen LogP contribution in [0.5, 0.6) is 0 Å². The Hall–Kier alpha value is -1.42. The summed E-state index contributed by atoms with van der Waals surface area (Å²) in [7, 11) is 2.09. The maximum absolute atomic E-state index is 13.7. The number of carbonyl (C=O) groups is 1. The van der Waals surface area contributed by atoms with E-state index in [0.717, 1.165) is 31.5 Å². The molecule has 0 aromatic heterocycles. The summed E-state index contributed by atoms with van der Waals surface area (Å²) in [5.74, 6) is -0.291. The monoisotopic (exact) mass is 264 g/mol. The molecule has 1 unspecified atom stereocenters. The van der Waals surface area contributed by atoms with Gasteiger partial charge >= 0.3 is 0 Å². The molecule has 0 radical (unpaired) electrons. The van der Waals surface area contributed by atoms with E-state index in [1.54, 1.807) is 12.1 Å². The van der Waals surface area contributed by atoms with Crippen LogP contribution < -0.4 is 5.32 Å². The van der Waals surface area contributed by atoms with Crippen LogP contribution in [0.15, 0.2) is 18.2 Å². The van der Waals surface area contributed by atoms with E-state index < -0.39 is 5.82 Å².